The van der Waals surface area contributed by atoms with Crippen molar-refractivity contribution in [2.75, 3.05) is 13.6 Å². The van der Waals surface area contributed by atoms with E-state index in [-0.39, 0.29) is 12.6 Å². The highest BCUT2D eigenvalue weighted by Crippen LogP contribution is 2.26. The van der Waals surface area contributed by atoms with E-state index in [1.807, 2.05) is 63.2 Å². The molecule has 3 rings (SSSR count). The molecule has 1 heterocycles. The van der Waals surface area contributed by atoms with Gasteiger partial charge in [0.05, 0.1) is 17.2 Å². The van der Waals surface area contributed by atoms with E-state index in [9.17, 15) is 8.42 Å². The van der Waals surface area contributed by atoms with Crippen molar-refractivity contribution in [1.82, 2.24) is 4.31 Å². The lowest BCUT2D eigenvalue weighted by Crippen LogP contribution is -2.35. The van der Waals surface area contributed by atoms with E-state index in [1.165, 1.54) is 4.31 Å². The summed E-state index contributed by atoms with van der Waals surface area (Å²) in [4.78, 5) is 5.87. The Morgan fingerprint density at radius 1 is 1.12 bits per heavy atom. The van der Waals surface area contributed by atoms with Gasteiger partial charge in [-0.2, -0.15) is 4.31 Å². The van der Waals surface area contributed by atoms with Crippen molar-refractivity contribution in [1.29, 1.82) is 0 Å². The maximum Gasteiger partial charge on any atom is 0.243 e. The summed E-state index contributed by atoms with van der Waals surface area (Å²) in [7, 11) is -1.99. The summed E-state index contributed by atoms with van der Waals surface area (Å²) in [6, 6.07) is 13.6. The number of oxime groups is 1. The Hall–Kier alpha value is -2.18. The average Bonchev–Trinajstić information content (AvgIpc) is 3.03. The number of benzene rings is 2. The number of aryl methyl sites for hydroxylation is 3. The van der Waals surface area contributed by atoms with E-state index in [1.54, 1.807) is 7.05 Å². The molecule has 138 valence electrons. The number of hydrogen-bond donors (Lipinski definition) is 0. The van der Waals surface area contributed by atoms with E-state index < -0.39 is 10.0 Å². The molecule has 0 spiro atoms. The zero-order chi connectivity index (χ0) is 18.9. The van der Waals surface area contributed by atoms with Crippen LogP contribution in [-0.4, -0.2) is 38.1 Å². The van der Waals surface area contributed by atoms with Crippen LogP contribution >= 0.6 is 0 Å². The topological polar surface area (TPSA) is 59.0 Å². The summed E-state index contributed by atoms with van der Waals surface area (Å²) < 4.78 is 27.5. The van der Waals surface area contributed by atoms with Crippen LogP contribution in [0.5, 0.6) is 0 Å². The summed E-state index contributed by atoms with van der Waals surface area (Å²) in [6.45, 7) is 5.90. The summed E-state index contributed by atoms with van der Waals surface area (Å²) in [5.74, 6) is 0. The number of hydrogen-bond acceptors (Lipinski definition) is 4. The number of rotatable bonds is 5. The first kappa shape index (κ1) is 18.6. The van der Waals surface area contributed by atoms with Crippen LogP contribution in [0.2, 0.25) is 0 Å². The highest BCUT2D eigenvalue weighted by atomic mass is 32.2. The van der Waals surface area contributed by atoms with Crippen LogP contribution in [0.15, 0.2) is 52.5 Å². The van der Waals surface area contributed by atoms with Gasteiger partial charge in [0.25, 0.3) is 0 Å². The van der Waals surface area contributed by atoms with Crippen molar-refractivity contribution in [3.63, 3.8) is 0 Å². The maximum absolute atomic E-state index is 13.1. The summed E-state index contributed by atoms with van der Waals surface area (Å²) >= 11 is 0. The lowest BCUT2D eigenvalue weighted by atomic mass is 10.1. The van der Waals surface area contributed by atoms with Gasteiger partial charge in [-0.1, -0.05) is 53.2 Å². The molecular formula is C20H24N2O3S. The van der Waals surface area contributed by atoms with Crippen LogP contribution in [0, 0.1) is 20.8 Å². The quantitative estimate of drug-likeness (QED) is 0.808. The lowest BCUT2D eigenvalue weighted by Gasteiger charge is -2.22. The standard InChI is InChI=1S/C20H24N2O3S/c1-14-10-15(2)20(16(3)11-14)26(23,24)22(4)13-18-12-19(21-25-18)17-8-6-5-7-9-17/h5-11,18H,12-13H2,1-4H3/t18-/m0/s1. The fourth-order valence-corrected chi connectivity index (χ4v) is 5.05. The Bertz CT molecular complexity index is 914. The van der Waals surface area contributed by atoms with Gasteiger partial charge in [-0.05, 0) is 37.5 Å². The van der Waals surface area contributed by atoms with E-state index in [2.05, 4.69) is 5.16 Å². The molecule has 1 aliphatic rings. The molecule has 0 saturated heterocycles. The van der Waals surface area contributed by atoms with Gasteiger partial charge in [-0.15, -0.1) is 0 Å². The van der Waals surface area contributed by atoms with Crippen molar-refractivity contribution >= 4 is 15.7 Å². The highest BCUT2D eigenvalue weighted by Gasteiger charge is 2.30. The second kappa shape index (κ2) is 7.21. The fraction of sp³-hybridized carbons (Fsp3) is 0.350. The number of nitrogens with zero attached hydrogens (tertiary/aromatic N) is 2. The molecule has 0 saturated carbocycles. The predicted molar refractivity (Wildman–Crippen MR) is 103 cm³/mol. The molecule has 5 nitrogen and oxygen atoms in total. The van der Waals surface area contributed by atoms with E-state index in [0.29, 0.717) is 11.3 Å². The van der Waals surface area contributed by atoms with Gasteiger partial charge < -0.3 is 4.84 Å². The zero-order valence-corrected chi connectivity index (χ0v) is 16.4. The van der Waals surface area contributed by atoms with Gasteiger partial charge in [0.2, 0.25) is 10.0 Å². The summed E-state index contributed by atoms with van der Waals surface area (Å²) in [5, 5.41) is 4.14. The molecule has 0 unspecified atom stereocenters. The fourth-order valence-electron chi connectivity index (χ4n) is 3.44. The van der Waals surface area contributed by atoms with Gasteiger partial charge in [0, 0.05) is 13.5 Å². The van der Waals surface area contributed by atoms with Crippen LogP contribution in [0.4, 0.5) is 0 Å². The van der Waals surface area contributed by atoms with Gasteiger partial charge in [0.1, 0.15) is 6.10 Å². The molecule has 2 aromatic rings. The van der Waals surface area contributed by atoms with Gasteiger partial charge in [-0.25, -0.2) is 8.42 Å². The number of sulfonamides is 1. The average molecular weight is 372 g/mol. The molecule has 0 aliphatic carbocycles. The molecule has 1 aliphatic heterocycles. The van der Waals surface area contributed by atoms with E-state index in [4.69, 9.17) is 4.84 Å². The van der Waals surface area contributed by atoms with Gasteiger partial charge >= 0.3 is 0 Å². The van der Waals surface area contributed by atoms with Crippen LogP contribution in [0.25, 0.3) is 0 Å². The number of likely N-dealkylation sites (N-methyl/N-ethyl adjacent to an activating group) is 1. The molecule has 6 heteroatoms. The molecule has 0 bridgehead atoms. The van der Waals surface area contributed by atoms with Gasteiger partial charge in [-0.3, -0.25) is 0 Å². The minimum atomic E-state index is -3.58. The van der Waals surface area contributed by atoms with E-state index >= 15 is 0 Å². The van der Waals surface area contributed by atoms with Crippen molar-refractivity contribution in [2.24, 2.45) is 5.16 Å². The molecule has 0 fully saturated rings. The first-order valence-electron chi connectivity index (χ1n) is 8.61. The van der Waals surface area contributed by atoms with Crippen molar-refractivity contribution in [3.05, 3.63) is 64.7 Å². The Balaban J connectivity index is 1.74. The molecule has 26 heavy (non-hydrogen) atoms. The molecular weight excluding hydrogens is 348 g/mol. The Labute approximate surface area is 155 Å². The van der Waals surface area contributed by atoms with Crippen LogP contribution in [0.1, 0.15) is 28.7 Å². The molecule has 0 aromatic heterocycles. The van der Waals surface area contributed by atoms with Crippen LogP contribution < -0.4 is 0 Å². The second-order valence-corrected chi connectivity index (χ2v) is 8.83. The predicted octanol–water partition coefficient (Wildman–Crippen LogP) is 3.43. The third-order valence-electron chi connectivity index (χ3n) is 4.57. The Kier molecular flexibility index (Phi) is 5.16. The minimum absolute atomic E-state index is 0.259. The van der Waals surface area contributed by atoms with Gasteiger partial charge in [0.15, 0.2) is 0 Å². The maximum atomic E-state index is 13.1. The minimum Gasteiger partial charge on any atom is -0.390 e. The molecule has 0 amide bonds. The SMILES string of the molecule is Cc1cc(C)c(S(=O)(=O)N(C)C[C@@H]2CC(c3ccccc3)=NO2)c(C)c1. The molecule has 1 atom stereocenters. The van der Waals surface area contributed by atoms with Crippen molar-refractivity contribution < 1.29 is 13.3 Å². The Morgan fingerprint density at radius 3 is 2.35 bits per heavy atom. The highest BCUT2D eigenvalue weighted by molar-refractivity contribution is 7.89. The third-order valence-corrected chi connectivity index (χ3v) is 6.70. The van der Waals surface area contributed by atoms with Crippen molar-refractivity contribution in [2.45, 2.75) is 38.2 Å². The Morgan fingerprint density at radius 2 is 1.73 bits per heavy atom. The summed E-state index contributed by atoms with van der Waals surface area (Å²) in [6.07, 6.45) is 0.312. The monoisotopic (exact) mass is 372 g/mol. The largest absolute Gasteiger partial charge is 0.390 e. The molecule has 0 N–H and O–H groups in total. The zero-order valence-electron chi connectivity index (χ0n) is 15.6. The first-order valence-corrected chi connectivity index (χ1v) is 10.1. The summed E-state index contributed by atoms with van der Waals surface area (Å²) in [5.41, 5.74) is 4.45. The molecule has 2 aromatic carbocycles. The van der Waals surface area contributed by atoms with Crippen LogP contribution in [0.3, 0.4) is 0 Å². The van der Waals surface area contributed by atoms with Crippen LogP contribution in [-0.2, 0) is 14.9 Å². The van der Waals surface area contributed by atoms with E-state index in [0.717, 1.165) is 28.0 Å². The van der Waals surface area contributed by atoms with Crippen molar-refractivity contribution in [3.8, 4) is 0 Å². The second-order valence-electron chi connectivity index (χ2n) is 6.85. The first-order chi connectivity index (χ1) is 12.3. The smallest absolute Gasteiger partial charge is 0.243 e. The lowest BCUT2D eigenvalue weighted by molar-refractivity contribution is 0.0740. The third kappa shape index (κ3) is 3.66. The molecule has 0 radical (unpaired) electrons. The normalized spacial score (nSPS) is 17.3.